The summed E-state index contributed by atoms with van der Waals surface area (Å²) in [7, 11) is 0. The van der Waals surface area contributed by atoms with E-state index < -0.39 is 12.5 Å². The minimum absolute atomic E-state index is 0.223. The van der Waals surface area contributed by atoms with E-state index in [0.717, 1.165) is 0 Å². The Labute approximate surface area is 54.4 Å². The van der Waals surface area contributed by atoms with Gasteiger partial charge in [-0.05, 0) is 0 Å². The summed E-state index contributed by atoms with van der Waals surface area (Å²) in [6, 6.07) is 0. The molecule has 0 spiro atoms. The van der Waals surface area contributed by atoms with Crippen LogP contribution >= 0.6 is 0 Å². The van der Waals surface area contributed by atoms with Gasteiger partial charge in [0.05, 0.1) is 0 Å². The average molecular weight is 154 g/mol. The molecule has 0 saturated carbocycles. The Balaban J connectivity index is 2.31. The highest BCUT2D eigenvalue weighted by Gasteiger charge is 2.34. The SMILES string of the molecule is FC(F)(F)OC1[C]=NOC1. The Bertz CT molecular complexity index is 144. The van der Waals surface area contributed by atoms with Crippen LogP contribution in [-0.4, -0.2) is 25.3 Å². The zero-order chi connectivity index (χ0) is 7.61. The maximum Gasteiger partial charge on any atom is 0.523 e. The molecule has 3 nitrogen and oxygen atoms in total. The zero-order valence-corrected chi connectivity index (χ0v) is 4.68. The normalized spacial score (nSPS) is 24.9. The Morgan fingerprint density at radius 1 is 1.60 bits per heavy atom. The number of alkyl halides is 3. The molecule has 0 aromatic carbocycles. The van der Waals surface area contributed by atoms with E-state index in [1.165, 1.54) is 0 Å². The summed E-state index contributed by atoms with van der Waals surface area (Å²) >= 11 is 0. The van der Waals surface area contributed by atoms with Gasteiger partial charge in [0.15, 0.2) is 6.10 Å². The average Bonchev–Trinajstić information content (AvgIpc) is 2.12. The molecule has 0 bridgehead atoms. The van der Waals surface area contributed by atoms with E-state index in [0.29, 0.717) is 0 Å². The summed E-state index contributed by atoms with van der Waals surface area (Å²) < 4.78 is 37.5. The Morgan fingerprint density at radius 3 is 2.70 bits per heavy atom. The van der Waals surface area contributed by atoms with Crippen molar-refractivity contribution < 1.29 is 22.7 Å². The van der Waals surface area contributed by atoms with Crippen LogP contribution in [0.25, 0.3) is 0 Å². The van der Waals surface area contributed by atoms with Gasteiger partial charge in [-0.15, -0.1) is 13.2 Å². The maximum atomic E-state index is 11.3. The fourth-order valence-electron chi connectivity index (χ4n) is 0.460. The first kappa shape index (κ1) is 7.33. The molecule has 1 rings (SSSR count). The number of hydrogen-bond acceptors (Lipinski definition) is 3. The molecule has 0 saturated heterocycles. The third kappa shape index (κ3) is 2.22. The maximum absolute atomic E-state index is 11.3. The van der Waals surface area contributed by atoms with E-state index >= 15 is 0 Å². The van der Waals surface area contributed by atoms with Gasteiger partial charge >= 0.3 is 6.36 Å². The summed E-state index contributed by atoms with van der Waals surface area (Å²) in [4.78, 5) is 4.19. The molecular weight excluding hydrogens is 151 g/mol. The van der Waals surface area contributed by atoms with E-state index in [1.54, 1.807) is 0 Å². The van der Waals surface area contributed by atoms with Crippen LogP contribution in [0.4, 0.5) is 13.2 Å². The predicted octanol–water partition coefficient (Wildman–Crippen LogP) is 0.784. The Hall–Kier alpha value is -0.780. The topological polar surface area (TPSA) is 30.8 Å². The van der Waals surface area contributed by atoms with Crippen LogP contribution in [-0.2, 0) is 9.57 Å². The Kier molecular flexibility index (Phi) is 1.80. The minimum atomic E-state index is -4.64. The third-order valence-corrected chi connectivity index (χ3v) is 0.763. The fourth-order valence-corrected chi connectivity index (χ4v) is 0.460. The van der Waals surface area contributed by atoms with Crippen molar-refractivity contribution in [2.45, 2.75) is 12.5 Å². The van der Waals surface area contributed by atoms with Crippen LogP contribution in [0.15, 0.2) is 5.16 Å². The highest BCUT2D eigenvalue weighted by Crippen LogP contribution is 2.19. The fraction of sp³-hybridized carbons (Fsp3) is 0.750. The van der Waals surface area contributed by atoms with Crippen molar-refractivity contribution in [1.29, 1.82) is 0 Å². The summed E-state index contributed by atoms with van der Waals surface area (Å²) in [5.41, 5.74) is 0. The molecular formula is C4H3F3NO2. The molecule has 57 valence electrons. The first-order valence-electron chi connectivity index (χ1n) is 2.40. The first-order chi connectivity index (χ1) is 4.58. The molecule has 1 heterocycles. The highest BCUT2D eigenvalue weighted by molar-refractivity contribution is 5.63. The van der Waals surface area contributed by atoms with Crippen molar-refractivity contribution in [3.8, 4) is 0 Å². The van der Waals surface area contributed by atoms with Crippen LogP contribution in [0.5, 0.6) is 0 Å². The van der Waals surface area contributed by atoms with Gasteiger partial charge < -0.3 is 4.84 Å². The first-order valence-corrected chi connectivity index (χ1v) is 2.40. The van der Waals surface area contributed by atoms with Gasteiger partial charge in [-0.1, -0.05) is 5.16 Å². The van der Waals surface area contributed by atoms with Gasteiger partial charge in [-0.3, -0.25) is 4.74 Å². The highest BCUT2D eigenvalue weighted by atomic mass is 19.4. The summed E-state index contributed by atoms with van der Waals surface area (Å²) in [6.45, 7) is -0.223. The van der Waals surface area contributed by atoms with E-state index in [2.05, 4.69) is 14.7 Å². The molecule has 0 amide bonds. The van der Waals surface area contributed by atoms with Crippen LogP contribution < -0.4 is 0 Å². The number of ether oxygens (including phenoxy) is 1. The van der Waals surface area contributed by atoms with Crippen LogP contribution in [0.1, 0.15) is 0 Å². The van der Waals surface area contributed by atoms with E-state index in [-0.39, 0.29) is 6.61 Å². The molecule has 0 fully saturated rings. The lowest BCUT2D eigenvalue weighted by atomic mass is 10.4. The van der Waals surface area contributed by atoms with Crippen molar-refractivity contribution in [3.63, 3.8) is 0 Å². The molecule has 10 heavy (non-hydrogen) atoms. The lowest BCUT2D eigenvalue weighted by Crippen LogP contribution is -2.25. The van der Waals surface area contributed by atoms with Gasteiger partial charge in [0, 0.05) is 0 Å². The van der Waals surface area contributed by atoms with Gasteiger partial charge in [0.1, 0.15) is 12.8 Å². The second kappa shape index (κ2) is 2.45. The van der Waals surface area contributed by atoms with Crippen molar-refractivity contribution in [2.24, 2.45) is 5.16 Å². The van der Waals surface area contributed by atoms with Crippen LogP contribution in [0, 0.1) is 0 Å². The molecule has 1 aliphatic heterocycles. The van der Waals surface area contributed by atoms with Gasteiger partial charge in [0.25, 0.3) is 0 Å². The smallest absolute Gasteiger partial charge is 0.392 e. The molecule has 0 aromatic rings. The van der Waals surface area contributed by atoms with Crippen molar-refractivity contribution in [1.82, 2.24) is 0 Å². The zero-order valence-electron chi connectivity index (χ0n) is 4.68. The monoisotopic (exact) mass is 154 g/mol. The number of nitrogens with zero attached hydrogens (tertiary/aromatic N) is 1. The Morgan fingerprint density at radius 2 is 2.30 bits per heavy atom. The molecule has 1 atom stereocenters. The molecule has 0 N–H and O–H groups in total. The quantitative estimate of drug-likeness (QED) is 0.558. The van der Waals surface area contributed by atoms with Gasteiger partial charge in [0.2, 0.25) is 0 Å². The number of rotatable bonds is 1. The number of halogens is 3. The summed E-state index contributed by atoms with van der Waals surface area (Å²) in [5, 5.41) is 2.97. The van der Waals surface area contributed by atoms with Crippen LogP contribution in [0.2, 0.25) is 0 Å². The summed E-state index contributed by atoms with van der Waals surface area (Å²) in [6.07, 6.45) is -3.87. The van der Waals surface area contributed by atoms with E-state index in [1.807, 2.05) is 6.21 Å². The van der Waals surface area contributed by atoms with E-state index in [9.17, 15) is 13.2 Å². The molecule has 1 aliphatic rings. The minimum Gasteiger partial charge on any atom is -0.392 e. The van der Waals surface area contributed by atoms with Gasteiger partial charge in [-0.25, -0.2) is 0 Å². The van der Waals surface area contributed by atoms with E-state index in [4.69, 9.17) is 0 Å². The lowest BCUT2D eigenvalue weighted by Gasteiger charge is -2.08. The molecule has 0 aliphatic carbocycles. The second-order valence-electron chi connectivity index (χ2n) is 1.57. The summed E-state index contributed by atoms with van der Waals surface area (Å²) in [5.74, 6) is 0. The molecule has 6 heteroatoms. The standard InChI is InChI=1S/C4H3F3NO2/c5-4(6,7)10-3-1-8-9-2-3/h3H,2H2. The van der Waals surface area contributed by atoms with Crippen molar-refractivity contribution >= 4 is 6.21 Å². The molecule has 1 unspecified atom stereocenters. The lowest BCUT2D eigenvalue weighted by molar-refractivity contribution is -0.334. The largest absolute Gasteiger partial charge is 0.523 e. The number of hydrogen-bond donors (Lipinski definition) is 0. The molecule has 0 aromatic heterocycles. The van der Waals surface area contributed by atoms with Crippen LogP contribution in [0.3, 0.4) is 0 Å². The van der Waals surface area contributed by atoms with Crippen molar-refractivity contribution in [2.75, 3.05) is 6.61 Å². The second-order valence-corrected chi connectivity index (χ2v) is 1.57. The predicted molar refractivity (Wildman–Crippen MR) is 24.3 cm³/mol. The van der Waals surface area contributed by atoms with Crippen molar-refractivity contribution in [3.05, 3.63) is 0 Å². The van der Waals surface area contributed by atoms with Gasteiger partial charge in [-0.2, -0.15) is 0 Å². The molecule has 1 radical (unpaired) electrons. The third-order valence-electron chi connectivity index (χ3n) is 0.763.